The maximum absolute atomic E-state index is 6.08. The van der Waals surface area contributed by atoms with Gasteiger partial charge < -0.3 is 0 Å². The molecule has 1 heterocycles. The number of rotatable bonds is 32. The number of unbranched alkanes of at least 4 members (excludes halogenated alkanes) is 26. The normalized spacial score (nSPS) is 11.3. The maximum atomic E-state index is 6.08. The Morgan fingerprint density at radius 2 is 0.590 bits per heavy atom. The summed E-state index contributed by atoms with van der Waals surface area (Å²) in [4.78, 5) is 4.49. The number of hydrogen-bond donors (Lipinski definition) is 0. The number of ether oxygens (including phenoxy) is 2. The fourth-order valence-corrected chi connectivity index (χ4v) is 6.88. The zero-order chi connectivity index (χ0) is 27.9. The number of hydrogen-bond acceptors (Lipinski definition) is 2. The average Bonchev–Trinajstić information content (AvgIpc) is 3.40. The Morgan fingerprint density at radius 3 is 0.846 bits per heavy atom. The molecule has 0 unspecified atom stereocenters. The molecule has 0 fully saturated rings. The van der Waals surface area contributed by atoms with Crippen LogP contribution in [-0.4, -0.2) is 27.7 Å². The van der Waals surface area contributed by atoms with E-state index >= 15 is 0 Å². The van der Waals surface area contributed by atoms with Crippen molar-refractivity contribution < 1.29 is 9.47 Å². The molecule has 0 aliphatic heterocycles. The molecule has 0 spiro atoms. The van der Waals surface area contributed by atoms with Crippen LogP contribution < -0.4 is 9.47 Å². The molecule has 0 aliphatic carbocycles. The molecule has 1 aromatic rings. The van der Waals surface area contributed by atoms with Gasteiger partial charge in [0.05, 0.1) is 0 Å². The van der Waals surface area contributed by atoms with Crippen LogP contribution in [-0.2, 0) is 0 Å². The summed E-state index contributed by atoms with van der Waals surface area (Å²) in [6.07, 6.45) is 39.2. The zero-order valence-electron chi connectivity index (χ0n) is 26.6. The molecule has 39 heavy (non-hydrogen) atoms. The van der Waals surface area contributed by atoms with E-state index < -0.39 is 0 Å². The fraction of sp³-hybridized carbons (Fsp3) is 0.889. The molecule has 0 saturated carbocycles. The summed E-state index contributed by atoms with van der Waals surface area (Å²) < 4.78 is 12.2. The van der Waals surface area contributed by atoms with Crippen molar-refractivity contribution in [2.24, 2.45) is 0 Å². The molecule has 3 heteroatoms. The Hall–Kier alpha value is -0.401. The first-order chi connectivity index (χ1) is 19.4. The summed E-state index contributed by atoms with van der Waals surface area (Å²) in [6.45, 7) is 6.29. The molecule has 0 amide bonds. The molecular weight excluding hydrogens is 543 g/mol. The fourth-order valence-electron chi connectivity index (χ4n) is 5.44. The monoisotopic (exact) mass is 612 g/mol. The van der Waals surface area contributed by atoms with Gasteiger partial charge in [-0.1, -0.05) is 90.9 Å². The van der Waals surface area contributed by atoms with Crippen molar-refractivity contribution in [2.45, 2.75) is 194 Å². The van der Waals surface area contributed by atoms with Crippen LogP contribution >= 0.6 is 0 Å². The second-order valence-corrected chi connectivity index (χ2v) is 13.5. The van der Waals surface area contributed by atoms with Crippen LogP contribution in [0.4, 0.5) is 0 Å². The van der Waals surface area contributed by atoms with Crippen LogP contribution in [0.25, 0.3) is 0 Å². The van der Waals surface area contributed by atoms with Gasteiger partial charge in [-0.2, -0.15) is 0 Å². The molecule has 230 valence electrons. The zero-order valence-corrected chi connectivity index (χ0v) is 28.3. The molecule has 0 saturated heterocycles. The quantitative estimate of drug-likeness (QED) is 0.0596. The van der Waals surface area contributed by atoms with Crippen LogP contribution in [0.5, 0.6) is 11.5 Å². The first-order valence-corrected chi connectivity index (χ1v) is 19.7. The van der Waals surface area contributed by atoms with Crippen molar-refractivity contribution in [1.82, 2.24) is 0 Å². The van der Waals surface area contributed by atoms with E-state index in [1.165, 1.54) is 180 Å². The van der Waals surface area contributed by atoms with E-state index in [1.54, 1.807) is 0 Å². The SMILES string of the molecule is CCCCCCCCCCCCCCCCOc1c[se]cc1OCCCCCCCCCCCCCCCC. The van der Waals surface area contributed by atoms with Gasteiger partial charge in [0.15, 0.2) is 0 Å². The third-order valence-corrected chi connectivity index (χ3v) is 9.57. The first kappa shape index (κ1) is 36.6. The molecule has 1 rings (SSSR count). The summed E-state index contributed by atoms with van der Waals surface area (Å²) >= 11 is 0.412. The minimum atomic E-state index is 0.412. The van der Waals surface area contributed by atoms with Gasteiger partial charge in [-0.3, -0.25) is 0 Å². The Kier molecular flexibility index (Phi) is 28.7. The van der Waals surface area contributed by atoms with Crippen LogP contribution in [0.2, 0.25) is 0 Å². The smallest absolute Gasteiger partial charge is 0.0654 e. The summed E-state index contributed by atoms with van der Waals surface area (Å²) in [5, 5.41) is 0. The van der Waals surface area contributed by atoms with Crippen molar-refractivity contribution in [2.75, 3.05) is 13.2 Å². The van der Waals surface area contributed by atoms with Gasteiger partial charge in [-0.05, 0) is 0 Å². The topological polar surface area (TPSA) is 18.5 Å². The molecule has 0 N–H and O–H groups in total. The molecular formula is C36H68O2Se. The van der Waals surface area contributed by atoms with E-state index in [1.807, 2.05) is 0 Å². The van der Waals surface area contributed by atoms with Crippen molar-refractivity contribution in [3.63, 3.8) is 0 Å². The molecule has 0 aliphatic rings. The Bertz CT molecular complexity index is 536. The third kappa shape index (κ3) is 25.1. The van der Waals surface area contributed by atoms with Crippen LogP contribution in [0.15, 0.2) is 9.88 Å². The van der Waals surface area contributed by atoms with E-state index in [9.17, 15) is 0 Å². The molecule has 2 nitrogen and oxygen atoms in total. The van der Waals surface area contributed by atoms with Gasteiger partial charge in [0, 0.05) is 0 Å². The van der Waals surface area contributed by atoms with Gasteiger partial charge in [0.1, 0.15) is 0 Å². The minimum absolute atomic E-state index is 0.412. The second-order valence-electron chi connectivity index (χ2n) is 12.0. The Balaban J connectivity index is 1.83. The predicted octanol–water partition coefficient (Wildman–Crippen LogP) is 12.5. The van der Waals surface area contributed by atoms with Crippen LogP contribution in [0, 0.1) is 0 Å². The van der Waals surface area contributed by atoms with E-state index in [4.69, 9.17) is 9.47 Å². The van der Waals surface area contributed by atoms with Gasteiger partial charge >= 0.3 is 161 Å². The van der Waals surface area contributed by atoms with Crippen molar-refractivity contribution >= 4 is 14.5 Å². The van der Waals surface area contributed by atoms with Gasteiger partial charge in [-0.15, -0.1) is 0 Å². The summed E-state index contributed by atoms with van der Waals surface area (Å²) in [5.74, 6) is 2.05. The first-order valence-electron chi connectivity index (χ1n) is 17.7. The summed E-state index contributed by atoms with van der Waals surface area (Å²) in [6, 6.07) is 0. The predicted molar refractivity (Wildman–Crippen MR) is 175 cm³/mol. The van der Waals surface area contributed by atoms with Crippen LogP contribution in [0.1, 0.15) is 194 Å². The molecule has 0 aromatic carbocycles. The standard InChI is InChI=1S/C36H68O2Se/c1-3-5-7-9-11-13-15-17-19-21-23-25-27-29-31-37-35-33-39-34-36(35)38-32-30-28-26-24-22-20-18-16-14-12-10-8-6-4-2/h33-34H,3-32H2,1-2H3. The molecule has 1 aromatic heterocycles. The van der Waals surface area contributed by atoms with Crippen molar-refractivity contribution in [3.05, 3.63) is 9.88 Å². The third-order valence-electron chi connectivity index (χ3n) is 8.10. The van der Waals surface area contributed by atoms with Crippen LogP contribution in [0.3, 0.4) is 0 Å². The summed E-state index contributed by atoms with van der Waals surface area (Å²) in [7, 11) is 0. The minimum Gasteiger partial charge on any atom is -0.0654 e. The second kappa shape index (κ2) is 30.6. The Morgan fingerprint density at radius 1 is 0.359 bits per heavy atom. The summed E-state index contributed by atoms with van der Waals surface area (Å²) in [5.41, 5.74) is 0. The van der Waals surface area contributed by atoms with E-state index in [2.05, 4.69) is 23.7 Å². The molecule has 0 atom stereocenters. The van der Waals surface area contributed by atoms with E-state index in [0.717, 1.165) is 24.7 Å². The van der Waals surface area contributed by atoms with Gasteiger partial charge in [0.25, 0.3) is 0 Å². The Labute approximate surface area is 251 Å². The van der Waals surface area contributed by atoms with E-state index in [-0.39, 0.29) is 0 Å². The molecule has 0 radical (unpaired) electrons. The van der Waals surface area contributed by atoms with Crippen molar-refractivity contribution in [3.8, 4) is 11.5 Å². The molecule has 0 bridgehead atoms. The van der Waals surface area contributed by atoms with Gasteiger partial charge in [0.2, 0.25) is 0 Å². The van der Waals surface area contributed by atoms with E-state index in [0.29, 0.717) is 14.5 Å². The van der Waals surface area contributed by atoms with Gasteiger partial charge in [-0.25, -0.2) is 0 Å². The average molecular weight is 612 g/mol. The van der Waals surface area contributed by atoms with Crippen molar-refractivity contribution in [1.29, 1.82) is 0 Å².